The number of hydrogen-bond acceptors (Lipinski definition) is 3. The van der Waals surface area contributed by atoms with Crippen LogP contribution in [0.2, 0.25) is 0 Å². The van der Waals surface area contributed by atoms with Gasteiger partial charge in [0.15, 0.2) is 0 Å². The Balaban J connectivity index is 0.00000180. The van der Waals surface area contributed by atoms with Crippen LogP contribution in [0.5, 0.6) is 0 Å². The van der Waals surface area contributed by atoms with Gasteiger partial charge in [-0.25, -0.2) is 0 Å². The van der Waals surface area contributed by atoms with E-state index in [1.165, 1.54) is 24.1 Å². The number of nitrogens with two attached hydrogens (primary N) is 1. The molecular weight excluding hydrogens is 260 g/mol. The Morgan fingerprint density at radius 1 is 1.42 bits per heavy atom. The van der Waals surface area contributed by atoms with Crippen molar-refractivity contribution < 1.29 is 4.74 Å². The summed E-state index contributed by atoms with van der Waals surface area (Å²) in [6.07, 6.45) is 1.23. The van der Waals surface area contributed by atoms with E-state index in [9.17, 15) is 0 Å². The lowest BCUT2D eigenvalue weighted by Gasteiger charge is -2.18. The molecule has 2 rings (SSSR count). The molecule has 19 heavy (non-hydrogen) atoms. The highest BCUT2D eigenvalue weighted by molar-refractivity contribution is 5.85. The van der Waals surface area contributed by atoms with Crippen molar-refractivity contribution in [2.24, 2.45) is 11.7 Å². The summed E-state index contributed by atoms with van der Waals surface area (Å²) in [4.78, 5) is 2.50. The number of nitrogens with zero attached hydrogens (tertiary/aromatic N) is 1. The van der Waals surface area contributed by atoms with E-state index in [1.807, 2.05) is 0 Å². The molecule has 1 aliphatic rings. The van der Waals surface area contributed by atoms with Crippen molar-refractivity contribution in [3.05, 3.63) is 35.4 Å². The molecule has 108 valence electrons. The molecule has 0 spiro atoms. The minimum absolute atomic E-state index is 0. The van der Waals surface area contributed by atoms with Crippen LogP contribution in [-0.2, 0) is 17.9 Å². The number of benzene rings is 1. The molecule has 4 heteroatoms. The molecule has 3 nitrogen and oxygen atoms in total. The molecule has 1 fully saturated rings. The highest BCUT2D eigenvalue weighted by Crippen LogP contribution is 2.21. The lowest BCUT2D eigenvalue weighted by Crippen LogP contribution is -2.29. The van der Waals surface area contributed by atoms with E-state index in [1.54, 1.807) is 7.11 Å². The van der Waals surface area contributed by atoms with Gasteiger partial charge in [0.05, 0.1) is 6.61 Å². The maximum absolute atomic E-state index is 5.97. The largest absolute Gasteiger partial charge is 0.380 e. The molecule has 0 aliphatic carbocycles. The molecule has 1 aromatic carbocycles. The molecule has 1 aromatic rings. The smallest absolute Gasteiger partial charge is 0.0713 e. The minimum atomic E-state index is 0. The second kappa shape index (κ2) is 7.85. The number of rotatable bonds is 5. The molecule has 0 bridgehead atoms. The number of ether oxygens (including phenoxy) is 1. The van der Waals surface area contributed by atoms with Crippen LogP contribution in [0.25, 0.3) is 0 Å². The highest BCUT2D eigenvalue weighted by atomic mass is 35.5. The molecular formula is C15H25ClN2O. The summed E-state index contributed by atoms with van der Waals surface area (Å²) in [5.74, 6) is 0.659. The summed E-state index contributed by atoms with van der Waals surface area (Å²) in [5.41, 5.74) is 8.59. The molecule has 0 radical (unpaired) electrons. The average Bonchev–Trinajstić information content (AvgIpc) is 2.78. The molecule has 0 amide bonds. The highest BCUT2D eigenvalue weighted by Gasteiger charge is 2.24. The van der Waals surface area contributed by atoms with E-state index in [4.69, 9.17) is 10.5 Å². The number of likely N-dealkylation sites (tertiary alicyclic amines) is 1. The summed E-state index contributed by atoms with van der Waals surface area (Å²) in [6, 6.07) is 8.97. The predicted molar refractivity (Wildman–Crippen MR) is 81.4 cm³/mol. The van der Waals surface area contributed by atoms with Crippen molar-refractivity contribution in [3.63, 3.8) is 0 Å². The summed E-state index contributed by atoms with van der Waals surface area (Å²) in [6.45, 7) is 6.14. The molecule has 1 heterocycles. The van der Waals surface area contributed by atoms with Gasteiger partial charge in [0.2, 0.25) is 0 Å². The summed E-state index contributed by atoms with van der Waals surface area (Å²) < 4.78 is 5.17. The number of methoxy groups -OCH3 is 1. The van der Waals surface area contributed by atoms with E-state index in [2.05, 4.69) is 36.1 Å². The second-order valence-electron chi connectivity index (χ2n) is 5.40. The molecule has 0 aromatic heterocycles. The fourth-order valence-corrected chi connectivity index (χ4v) is 2.68. The first-order valence-corrected chi connectivity index (χ1v) is 6.73. The third-order valence-corrected chi connectivity index (χ3v) is 3.76. The van der Waals surface area contributed by atoms with Crippen LogP contribution in [0.4, 0.5) is 0 Å². The van der Waals surface area contributed by atoms with Gasteiger partial charge in [-0.05, 0) is 36.9 Å². The zero-order valence-corrected chi connectivity index (χ0v) is 12.7. The van der Waals surface area contributed by atoms with Crippen LogP contribution in [0.15, 0.2) is 24.3 Å². The fraction of sp³-hybridized carbons (Fsp3) is 0.600. The first-order valence-electron chi connectivity index (χ1n) is 6.73. The van der Waals surface area contributed by atoms with E-state index in [0.717, 1.165) is 13.1 Å². The van der Waals surface area contributed by atoms with Gasteiger partial charge in [-0.1, -0.05) is 24.3 Å². The molecule has 2 N–H and O–H groups in total. The minimum Gasteiger partial charge on any atom is -0.380 e. The second-order valence-corrected chi connectivity index (χ2v) is 5.40. The zero-order chi connectivity index (χ0) is 13.0. The Morgan fingerprint density at radius 2 is 2.16 bits per heavy atom. The monoisotopic (exact) mass is 284 g/mol. The maximum Gasteiger partial charge on any atom is 0.0713 e. The summed E-state index contributed by atoms with van der Waals surface area (Å²) in [7, 11) is 1.74. The van der Waals surface area contributed by atoms with Gasteiger partial charge in [0.25, 0.3) is 0 Å². The van der Waals surface area contributed by atoms with Crippen LogP contribution in [-0.4, -0.2) is 31.1 Å². The Bertz CT molecular complexity index is 384. The molecule has 1 aliphatic heterocycles. The topological polar surface area (TPSA) is 38.5 Å². The first kappa shape index (κ1) is 16.4. The van der Waals surface area contributed by atoms with Crippen molar-refractivity contribution in [2.45, 2.75) is 32.5 Å². The van der Waals surface area contributed by atoms with Gasteiger partial charge in [-0.15, -0.1) is 12.4 Å². The lowest BCUT2D eigenvalue weighted by molar-refractivity contribution is 0.184. The van der Waals surface area contributed by atoms with Gasteiger partial charge < -0.3 is 10.5 Å². The van der Waals surface area contributed by atoms with Gasteiger partial charge in [-0.2, -0.15) is 0 Å². The Kier molecular flexibility index (Phi) is 6.80. The van der Waals surface area contributed by atoms with Gasteiger partial charge in [0.1, 0.15) is 0 Å². The van der Waals surface area contributed by atoms with Crippen LogP contribution in [0.3, 0.4) is 0 Å². The van der Waals surface area contributed by atoms with Gasteiger partial charge in [-0.3, -0.25) is 4.90 Å². The SMILES string of the molecule is COCc1cccc(CN2CCC(C(C)N)C2)c1.Cl. The zero-order valence-electron chi connectivity index (χ0n) is 11.8. The third-order valence-electron chi connectivity index (χ3n) is 3.76. The van der Waals surface area contributed by atoms with Gasteiger partial charge >= 0.3 is 0 Å². The van der Waals surface area contributed by atoms with Crippen LogP contribution < -0.4 is 5.73 Å². The normalized spacial score (nSPS) is 21.1. The van der Waals surface area contributed by atoms with E-state index in [-0.39, 0.29) is 12.4 Å². The van der Waals surface area contributed by atoms with E-state index < -0.39 is 0 Å². The predicted octanol–water partition coefficient (Wildman–Crippen LogP) is 2.42. The molecule has 2 unspecified atom stereocenters. The van der Waals surface area contributed by atoms with Crippen LogP contribution >= 0.6 is 12.4 Å². The first-order chi connectivity index (χ1) is 8.69. The maximum atomic E-state index is 5.97. The number of hydrogen-bond donors (Lipinski definition) is 1. The van der Waals surface area contributed by atoms with Crippen molar-refractivity contribution >= 4 is 12.4 Å². The molecule has 2 atom stereocenters. The fourth-order valence-electron chi connectivity index (χ4n) is 2.68. The Morgan fingerprint density at radius 3 is 2.79 bits per heavy atom. The van der Waals surface area contributed by atoms with Gasteiger partial charge in [0, 0.05) is 26.2 Å². The Hall–Kier alpha value is -0.610. The third kappa shape index (κ3) is 4.77. The summed E-state index contributed by atoms with van der Waals surface area (Å²) >= 11 is 0. The van der Waals surface area contributed by atoms with Crippen molar-refractivity contribution in [3.8, 4) is 0 Å². The number of halogens is 1. The average molecular weight is 285 g/mol. The van der Waals surface area contributed by atoms with Crippen LogP contribution in [0, 0.1) is 5.92 Å². The molecule has 0 saturated carbocycles. The summed E-state index contributed by atoms with van der Waals surface area (Å²) in [5, 5.41) is 0. The Labute approximate surface area is 122 Å². The lowest BCUT2D eigenvalue weighted by atomic mass is 10.0. The molecule has 1 saturated heterocycles. The standard InChI is InChI=1S/C15H24N2O.ClH/c1-12(16)15-6-7-17(10-15)9-13-4-3-5-14(8-13)11-18-2;/h3-5,8,12,15H,6-7,9-11,16H2,1-2H3;1H. The van der Waals surface area contributed by atoms with Crippen molar-refractivity contribution in [1.29, 1.82) is 0 Å². The quantitative estimate of drug-likeness (QED) is 0.902. The van der Waals surface area contributed by atoms with E-state index in [0.29, 0.717) is 18.6 Å². The van der Waals surface area contributed by atoms with E-state index >= 15 is 0 Å². The van der Waals surface area contributed by atoms with Crippen molar-refractivity contribution in [2.75, 3.05) is 20.2 Å². The van der Waals surface area contributed by atoms with Crippen LogP contribution in [0.1, 0.15) is 24.5 Å². The van der Waals surface area contributed by atoms with Crippen molar-refractivity contribution in [1.82, 2.24) is 4.90 Å².